The maximum absolute atomic E-state index is 12.5. The van der Waals surface area contributed by atoms with Crippen LogP contribution in [0, 0.1) is 13.8 Å². The molecule has 3 rings (SSSR count). The van der Waals surface area contributed by atoms with Crippen LogP contribution in [0.4, 0.5) is 5.82 Å². The molecule has 0 aliphatic heterocycles. The molecule has 8 heteroatoms. The predicted molar refractivity (Wildman–Crippen MR) is 93.0 cm³/mol. The van der Waals surface area contributed by atoms with Gasteiger partial charge in [0, 0.05) is 5.56 Å². The molecule has 0 saturated heterocycles. The summed E-state index contributed by atoms with van der Waals surface area (Å²) in [5.41, 5.74) is 2.27. The van der Waals surface area contributed by atoms with Crippen molar-refractivity contribution in [2.24, 2.45) is 0 Å². The van der Waals surface area contributed by atoms with E-state index in [2.05, 4.69) is 20.1 Å². The first-order chi connectivity index (χ1) is 11.9. The number of H-pyrrole nitrogens is 1. The van der Waals surface area contributed by atoms with Gasteiger partial charge < -0.3 is 0 Å². The summed E-state index contributed by atoms with van der Waals surface area (Å²) in [5, 5.41) is 9.85. The fourth-order valence-corrected chi connectivity index (χ4v) is 3.21. The van der Waals surface area contributed by atoms with Gasteiger partial charge in [0.1, 0.15) is 0 Å². The quantitative estimate of drug-likeness (QED) is 0.683. The fraction of sp³-hybridized carbons (Fsp3) is 0.118. The van der Waals surface area contributed by atoms with Gasteiger partial charge in [-0.05, 0) is 26.0 Å². The number of ketones is 1. The van der Waals surface area contributed by atoms with Crippen LogP contribution in [0.1, 0.15) is 27.2 Å². The second-order valence-corrected chi connectivity index (χ2v) is 7.32. The summed E-state index contributed by atoms with van der Waals surface area (Å²) in [6.07, 6.45) is 0. The van der Waals surface area contributed by atoms with Crippen molar-refractivity contribution in [1.29, 1.82) is 0 Å². The number of aromatic amines is 1. The number of anilines is 1. The van der Waals surface area contributed by atoms with Crippen LogP contribution in [-0.2, 0) is 10.0 Å². The molecule has 3 aromatic rings. The zero-order valence-electron chi connectivity index (χ0n) is 13.6. The minimum Gasteiger partial charge on any atom is -0.287 e. The molecule has 0 spiro atoms. The Kier molecular flexibility index (Phi) is 4.37. The van der Waals surface area contributed by atoms with Crippen LogP contribution < -0.4 is 4.72 Å². The number of aromatic nitrogens is 3. The molecular formula is C17H16N4O3S. The molecule has 0 atom stereocenters. The second kappa shape index (κ2) is 6.48. The van der Waals surface area contributed by atoms with Crippen LogP contribution >= 0.6 is 0 Å². The number of aryl methyl sites for hydroxylation is 2. The molecule has 7 nitrogen and oxygen atoms in total. The average Bonchev–Trinajstić information content (AvgIpc) is 3.02. The third-order valence-electron chi connectivity index (χ3n) is 3.64. The maximum atomic E-state index is 12.5. The van der Waals surface area contributed by atoms with Gasteiger partial charge in [-0.2, -0.15) is 10.3 Å². The van der Waals surface area contributed by atoms with Crippen molar-refractivity contribution in [3.8, 4) is 0 Å². The predicted octanol–water partition coefficient (Wildman–Crippen LogP) is 2.45. The molecule has 0 radical (unpaired) electrons. The first kappa shape index (κ1) is 16.8. The number of nitrogens with one attached hydrogen (secondary N) is 2. The highest BCUT2D eigenvalue weighted by Gasteiger charge is 2.23. The number of benzene rings is 2. The van der Waals surface area contributed by atoms with Crippen LogP contribution in [0.2, 0.25) is 0 Å². The lowest BCUT2D eigenvalue weighted by molar-refractivity contribution is 0.103. The van der Waals surface area contributed by atoms with Crippen molar-refractivity contribution in [3.05, 3.63) is 70.9 Å². The van der Waals surface area contributed by atoms with Gasteiger partial charge in [-0.25, -0.2) is 8.42 Å². The van der Waals surface area contributed by atoms with E-state index in [1.165, 1.54) is 12.1 Å². The molecule has 128 valence electrons. The Morgan fingerprint density at radius 1 is 0.920 bits per heavy atom. The molecular weight excluding hydrogens is 340 g/mol. The molecule has 2 N–H and O–H groups in total. The third-order valence-corrected chi connectivity index (χ3v) is 4.99. The standard InChI is InChI=1S/C17H16N4O3S/c1-11-3-7-13(8-4-11)16(22)15-17(19-21-18-15)20-25(23,24)14-9-5-12(2)6-10-14/h3-10H,1-2H3,(H2,18,19,20,21). The lowest BCUT2D eigenvalue weighted by Gasteiger charge is -2.07. The van der Waals surface area contributed by atoms with Crippen molar-refractivity contribution in [3.63, 3.8) is 0 Å². The Morgan fingerprint density at radius 3 is 2.08 bits per heavy atom. The minimum atomic E-state index is -3.87. The van der Waals surface area contributed by atoms with E-state index in [0.29, 0.717) is 5.56 Å². The van der Waals surface area contributed by atoms with E-state index < -0.39 is 15.8 Å². The molecule has 0 aliphatic carbocycles. The number of carbonyl (C=O) groups excluding carboxylic acids is 1. The van der Waals surface area contributed by atoms with Gasteiger partial charge in [-0.3, -0.25) is 9.52 Å². The molecule has 2 aromatic carbocycles. The molecule has 25 heavy (non-hydrogen) atoms. The summed E-state index contributed by atoms with van der Waals surface area (Å²) in [6.45, 7) is 3.77. The Morgan fingerprint density at radius 2 is 1.48 bits per heavy atom. The molecule has 0 amide bonds. The highest BCUT2D eigenvalue weighted by molar-refractivity contribution is 7.92. The highest BCUT2D eigenvalue weighted by atomic mass is 32.2. The third kappa shape index (κ3) is 3.58. The van der Waals surface area contributed by atoms with Crippen molar-refractivity contribution >= 4 is 21.6 Å². The van der Waals surface area contributed by atoms with Gasteiger partial charge in [0.25, 0.3) is 10.0 Å². The summed E-state index contributed by atoms with van der Waals surface area (Å²) in [6, 6.07) is 13.3. The lowest BCUT2D eigenvalue weighted by Crippen LogP contribution is -2.16. The summed E-state index contributed by atoms with van der Waals surface area (Å²) in [4.78, 5) is 12.6. The van der Waals surface area contributed by atoms with Crippen LogP contribution in [0.25, 0.3) is 0 Å². The maximum Gasteiger partial charge on any atom is 0.263 e. The van der Waals surface area contributed by atoms with Crippen molar-refractivity contribution in [1.82, 2.24) is 15.4 Å². The Hall–Kier alpha value is -3.00. The van der Waals surface area contributed by atoms with Crippen molar-refractivity contribution in [2.75, 3.05) is 4.72 Å². The first-order valence-electron chi connectivity index (χ1n) is 7.48. The normalized spacial score (nSPS) is 11.3. The summed E-state index contributed by atoms with van der Waals surface area (Å²) in [5.74, 6) is -0.554. The van der Waals surface area contributed by atoms with Crippen LogP contribution in [-0.4, -0.2) is 29.6 Å². The van der Waals surface area contributed by atoms with E-state index >= 15 is 0 Å². The van der Waals surface area contributed by atoms with Gasteiger partial charge >= 0.3 is 0 Å². The fourth-order valence-electron chi connectivity index (χ4n) is 2.21. The van der Waals surface area contributed by atoms with E-state index in [1.807, 2.05) is 13.8 Å². The van der Waals surface area contributed by atoms with E-state index in [9.17, 15) is 13.2 Å². The van der Waals surface area contributed by atoms with Gasteiger partial charge in [-0.15, -0.1) is 5.10 Å². The number of hydrogen-bond acceptors (Lipinski definition) is 5. The van der Waals surface area contributed by atoms with Gasteiger partial charge in [0.15, 0.2) is 11.5 Å². The highest BCUT2D eigenvalue weighted by Crippen LogP contribution is 2.19. The molecule has 1 heterocycles. The van der Waals surface area contributed by atoms with E-state index in [0.717, 1.165) is 11.1 Å². The molecule has 0 aliphatic rings. The van der Waals surface area contributed by atoms with Crippen molar-refractivity contribution in [2.45, 2.75) is 18.7 Å². The summed E-state index contributed by atoms with van der Waals surface area (Å²) < 4.78 is 27.2. The lowest BCUT2D eigenvalue weighted by atomic mass is 10.1. The number of rotatable bonds is 5. The monoisotopic (exact) mass is 356 g/mol. The SMILES string of the molecule is Cc1ccc(C(=O)c2n[nH]nc2NS(=O)(=O)c2ccc(C)cc2)cc1. The zero-order chi connectivity index (χ0) is 18.0. The number of sulfonamides is 1. The van der Waals surface area contributed by atoms with Crippen molar-refractivity contribution < 1.29 is 13.2 Å². The molecule has 0 unspecified atom stereocenters. The average molecular weight is 356 g/mol. The molecule has 0 saturated carbocycles. The smallest absolute Gasteiger partial charge is 0.263 e. The topological polar surface area (TPSA) is 105 Å². The Balaban J connectivity index is 1.90. The zero-order valence-corrected chi connectivity index (χ0v) is 14.5. The molecule has 0 fully saturated rings. The van der Waals surface area contributed by atoms with Crippen LogP contribution in [0.3, 0.4) is 0 Å². The van der Waals surface area contributed by atoms with Gasteiger partial charge in [-0.1, -0.05) is 47.5 Å². The summed E-state index contributed by atoms with van der Waals surface area (Å²) >= 11 is 0. The van der Waals surface area contributed by atoms with Crippen LogP contribution in [0.15, 0.2) is 53.4 Å². The summed E-state index contributed by atoms with van der Waals surface area (Å²) in [7, 11) is -3.87. The van der Waals surface area contributed by atoms with E-state index in [-0.39, 0.29) is 16.4 Å². The Labute approximate surface area is 145 Å². The number of nitrogens with zero attached hydrogens (tertiary/aromatic N) is 2. The number of carbonyl (C=O) groups is 1. The largest absolute Gasteiger partial charge is 0.287 e. The Bertz CT molecular complexity index is 1010. The second-order valence-electron chi connectivity index (χ2n) is 5.63. The first-order valence-corrected chi connectivity index (χ1v) is 8.97. The van der Waals surface area contributed by atoms with Gasteiger partial charge in [0.05, 0.1) is 4.90 Å². The number of hydrogen-bond donors (Lipinski definition) is 2. The van der Waals surface area contributed by atoms with E-state index in [4.69, 9.17) is 0 Å². The molecule has 0 bridgehead atoms. The van der Waals surface area contributed by atoms with Crippen LogP contribution in [0.5, 0.6) is 0 Å². The minimum absolute atomic E-state index is 0.0786. The van der Waals surface area contributed by atoms with E-state index in [1.54, 1.807) is 36.4 Å². The molecule has 1 aromatic heterocycles. The van der Waals surface area contributed by atoms with Gasteiger partial charge in [0.2, 0.25) is 5.78 Å².